The van der Waals surface area contributed by atoms with Crippen molar-refractivity contribution in [1.29, 1.82) is 0 Å². The van der Waals surface area contributed by atoms with Gasteiger partial charge in [-0.25, -0.2) is 4.79 Å². The number of carboxylic acid groups (broad SMARTS) is 1. The highest BCUT2D eigenvalue weighted by molar-refractivity contribution is 5.87. The lowest BCUT2D eigenvalue weighted by molar-refractivity contribution is 0.0697. The zero-order valence-electron chi connectivity index (χ0n) is 11.5. The van der Waals surface area contributed by atoms with E-state index in [-0.39, 0.29) is 0 Å². The van der Waals surface area contributed by atoms with Crippen LogP contribution in [0.25, 0.3) is 0 Å². The van der Waals surface area contributed by atoms with Crippen LogP contribution in [0.2, 0.25) is 0 Å². The van der Waals surface area contributed by atoms with Crippen molar-refractivity contribution >= 4 is 5.97 Å². The van der Waals surface area contributed by atoms with E-state index in [0.29, 0.717) is 12.1 Å². The van der Waals surface area contributed by atoms with Crippen molar-refractivity contribution in [1.82, 2.24) is 10.3 Å². The minimum atomic E-state index is -0.897. The van der Waals surface area contributed by atoms with Crippen LogP contribution in [0, 0.1) is 0 Å². The summed E-state index contributed by atoms with van der Waals surface area (Å²) in [5.41, 5.74) is 3.61. The molecule has 0 spiro atoms. The molecule has 4 heteroatoms. The highest BCUT2D eigenvalue weighted by atomic mass is 16.4. The number of aryl methyl sites for hydroxylation is 1. The second-order valence-electron chi connectivity index (χ2n) is 4.62. The van der Waals surface area contributed by atoms with E-state index in [1.807, 2.05) is 24.4 Å². The second kappa shape index (κ2) is 6.82. The van der Waals surface area contributed by atoms with Crippen LogP contribution in [-0.2, 0) is 19.5 Å². The molecule has 0 aliphatic carbocycles. The minimum Gasteiger partial charge on any atom is -0.478 e. The summed E-state index contributed by atoms with van der Waals surface area (Å²) in [5.74, 6) is -0.897. The van der Waals surface area contributed by atoms with Gasteiger partial charge in [0.05, 0.1) is 5.56 Å². The fourth-order valence-electron chi connectivity index (χ4n) is 1.89. The van der Waals surface area contributed by atoms with Crippen molar-refractivity contribution in [2.75, 3.05) is 0 Å². The first-order valence-electron chi connectivity index (χ1n) is 6.66. The van der Waals surface area contributed by atoms with Crippen molar-refractivity contribution in [3.05, 3.63) is 65.0 Å². The van der Waals surface area contributed by atoms with Crippen LogP contribution in [0.4, 0.5) is 0 Å². The summed E-state index contributed by atoms with van der Waals surface area (Å²) >= 11 is 0. The minimum absolute atomic E-state index is 0.313. The largest absolute Gasteiger partial charge is 0.478 e. The number of aromatic nitrogens is 1. The predicted molar refractivity (Wildman–Crippen MR) is 77.6 cm³/mol. The number of benzene rings is 1. The number of carbonyl (C=O) groups is 1. The molecule has 0 aliphatic rings. The maximum atomic E-state index is 10.7. The number of pyridine rings is 1. The van der Waals surface area contributed by atoms with E-state index in [1.54, 1.807) is 12.1 Å². The average molecular weight is 270 g/mol. The van der Waals surface area contributed by atoms with Crippen molar-refractivity contribution < 1.29 is 9.90 Å². The molecular weight excluding hydrogens is 252 g/mol. The Morgan fingerprint density at radius 1 is 1.10 bits per heavy atom. The fraction of sp³-hybridized carbons (Fsp3) is 0.250. The smallest absolute Gasteiger partial charge is 0.335 e. The Bertz CT molecular complexity index is 562. The number of nitrogens with one attached hydrogen (secondary N) is 1. The van der Waals surface area contributed by atoms with Crippen LogP contribution in [-0.4, -0.2) is 16.1 Å². The van der Waals surface area contributed by atoms with E-state index < -0.39 is 5.97 Å². The van der Waals surface area contributed by atoms with Gasteiger partial charge in [0.25, 0.3) is 0 Å². The zero-order valence-corrected chi connectivity index (χ0v) is 11.5. The molecule has 0 unspecified atom stereocenters. The topological polar surface area (TPSA) is 62.2 Å². The molecule has 0 aliphatic heterocycles. The molecule has 4 nitrogen and oxygen atoms in total. The third kappa shape index (κ3) is 3.90. The van der Waals surface area contributed by atoms with Gasteiger partial charge in [0.2, 0.25) is 0 Å². The van der Waals surface area contributed by atoms with Gasteiger partial charge in [-0.2, -0.15) is 0 Å². The lowest BCUT2D eigenvalue weighted by Crippen LogP contribution is -2.13. The molecule has 0 saturated carbocycles. The van der Waals surface area contributed by atoms with E-state index in [4.69, 9.17) is 5.11 Å². The molecule has 0 fully saturated rings. The summed E-state index contributed by atoms with van der Waals surface area (Å²) in [4.78, 5) is 15.1. The van der Waals surface area contributed by atoms with E-state index in [1.165, 1.54) is 0 Å². The van der Waals surface area contributed by atoms with Gasteiger partial charge in [0, 0.05) is 25.0 Å². The average Bonchev–Trinajstić information content (AvgIpc) is 2.48. The zero-order chi connectivity index (χ0) is 14.4. The maximum absolute atomic E-state index is 10.7. The standard InChI is InChI=1S/C16H18N2O2/c1-2-15-8-5-13(11-18-15)10-17-9-12-3-6-14(7-4-12)16(19)20/h3-8,11,17H,2,9-10H2,1H3,(H,19,20). The maximum Gasteiger partial charge on any atom is 0.335 e. The van der Waals surface area contributed by atoms with Gasteiger partial charge in [-0.05, 0) is 35.7 Å². The fourth-order valence-corrected chi connectivity index (χ4v) is 1.89. The van der Waals surface area contributed by atoms with E-state index >= 15 is 0 Å². The van der Waals surface area contributed by atoms with Crippen LogP contribution in [0.1, 0.15) is 34.1 Å². The lowest BCUT2D eigenvalue weighted by atomic mass is 10.1. The molecule has 0 amide bonds. The van der Waals surface area contributed by atoms with Crippen molar-refractivity contribution in [2.24, 2.45) is 0 Å². The number of nitrogens with zero attached hydrogens (tertiary/aromatic N) is 1. The van der Waals surface area contributed by atoms with Gasteiger partial charge in [0.15, 0.2) is 0 Å². The molecule has 1 aromatic heterocycles. The first-order chi connectivity index (χ1) is 9.69. The summed E-state index contributed by atoms with van der Waals surface area (Å²) in [5, 5.41) is 12.1. The quantitative estimate of drug-likeness (QED) is 0.847. The van der Waals surface area contributed by atoms with Gasteiger partial charge in [-0.1, -0.05) is 25.1 Å². The first-order valence-corrected chi connectivity index (χ1v) is 6.66. The SMILES string of the molecule is CCc1ccc(CNCc2ccc(C(=O)O)cc2)cn1. The Balaban J connectivity index is 1.84. The molecule has 0 saturated heterocycles. The molecule has 20 heavy (non-hydrogen) atoms. The van der Waals surface area contributed by atoms with E-state index in [9.17, 15) is 4.79 Å². The molecule has 104 valence electrons. The number of hydrogen-bond donors (Lipinski definition) is 2. The van der Waals surface area contributed by atoms with Gasteiger partial charge in [0.1, 0.15) is 0 Å². The summed E-state index contributed by atoms with van der Waals surface area (Å²) in [6.45, 7) is 3.54. The molecule has 1 heterocycles. The van der Waals surface area contributed by atoms with Gasteiger partial charge in [-0.15, -0.1) is 0 Å². The summed E-state index contributed by atoms with van der Waals surface area (Å²) < 4.78 is 0. The summed E-state index contributed by atoms with van der Waals surface area (Å²) in [6.07, 6.45) is 2.84. The van der Waals surface area contributed by atoms with Crippen molar-refractivity contribution in [2.45, 2.75) is 26.4 Å². The Kier molecular flexibility index (Phi) is 4.85. The first kappa shape index (κ1) is 14.2. The molecule has 2 rings (SSSR count). The van der Waals surface area contributed by atoms with Crippen molar-refractivity contribution in [3.8, 4) is 0 Å². The van der Waals surface area contributed by atoms with Crippen LogP contribution < -0.4 is 5.32 Å². The third-order valence-corrected chi connectivity index (χ3v) is 3.11. The Labute approximate surface area is 118 Å². The Morgan fingerprint density at radius 2 is 1.75 bits per heavy atom. The molecule has 0 bridgehead atoms. The number of aromatic carboxylic acids is 1. The third-order valence-electron chi connectivity index (χ3n) is 3.11. The van der Waals surface area contributed by atoms with E-state index in [2.05, 4.69) is 23.3 Å². The van der Waals surface area contributed by atoms with E-state index in [0.717, 1.165) is 29.8 Å². The van der Waals surface area contributed by atoms with Gasteiger partial charge in [-0.3, -0.25) is 4.98 Å². The van der Waals surface area contributed by atoms with Crippen LogP contribution >= 0.6 is 0 Å². The normalized spacial score (nSPS) is 10.4. The number of carboxylic acids is 1. The molecule has 0 radical (unpaired) electrons. The molecular formula is C16H18N2O2. The Morgan fingerprint density at radius 3 is 2.30 bits per heavy atom. The molecule has 2 aromatic rings. The number of rotatable bonds is 6. The molecule has 1 aromatic carbocycles. The van der Waals surface area contributed by atoms with Crippen LogP contribution in [0.3, 0.4) is 0 Å². The van der Waals surface area contributed by atoms with Gasteiger partial charge >= 0.3 is 5.97 Å². The molecule has 2 N–H and O–H groups in total. The molecule has 0 atom stereocenters. The second-order valence-corrected chi connectivity index (χ2v) is 4.62. The lowest BCUT2D eigenvalue weighted by Gasteiger charge is -2.06. The summed E-state index contributed by atoms with van der Waals surface area (Å²) in [6, 6.07) is 11.0. The van der Waals surface area contributed by atoms with Gasteiger partial charge < -0.3 is 10.4 Å². The predicted octanol–water partition coefficient (Wildman–Crippen LogP) is 2.63. The summed E-state index contributed by atoms with van der Waals surface area (Å²) in [7, 11) is 0. The Hall–Kier alpha value is -2.20. The monoisotopic (exact) mass is 270 g/mol. The number of hydrogen-bond acceptors (Lipinski definition) is 3. The highest BCUT2D eigenvalue weighted by Gasteiger charge is 2.01. The van der Waals surface area contributed by atoms with Crippen LogP contribution in [0.5, 0.6) is 0 Å². The van der Waals surface area contributed by atoms with Crippen molar-refractivity contribution in [3.63, 3.8) is 0 Å². The van der Waals surface area contributed by atoms with Crippen LogP contribution in [0.15, 0.2) is 42.6 Å². The highest BCUT2D eigenvalue weighted by Crippen LogP contribution is 2.05.